The van der Waals surface area contributed by atoms with Crippen molar-refractivity contribution in [2.24, 2.45) is 0 Å². The van der Waals surface area contributed by atoms with E-state index < -0.39 is 21.5 Å². The lowest BCUT2D eigenvalue weighted by molar-refractivity contribution is 0.0600. The van der Waals surface area contributed by atoms with Crippen molar-refractivity contribution in [2.45, 2.75) is 37.2 Å². The van der Waals surface area contributed by atoms with Gasteiger partial charge >= 0.3 is 5.97 Å². The first-order valence-electron chi connectivity index (χ1n) is 8.65. The predicted octanol–water partition coefficient (Wildman–Crippen LogP) is 2.88. The van der Waals surface area contributed by atoms with Gasteiger partial charge in [-0.3, -0.25) is 0 Å². The van der Waals surface area contributed by atoms with Crippen LogP contribution >= 0.6 is 0 Å². The molecule has 2 rings (SSSR count). The first-order valence-corrected chi connectivity index (χ1v) is 10.1. The van der Waals surface area contributed by atoms with Crippen molar-refractivity contribution in [3.63, 3.8) is 0 Å². The maximum absolute atomic E-state index is 12.5. The Morgan fingerprint density at radius 2 is 1.67 bits per heavy atom. The Bertz CT molecular complexity index is 863. The van der Waals surface area contributed by atoms with Gasteiger partial charge in [0.25, 0.3) is 0 Å². The SMILES string of the molecule is COC(=O)c1ccc(S(=O)(=O)NCC(C)(C)NC(C)c2ccccc2)cc1. The number of benzene rings is 2. The Kier molecular flexibility index (Phi) is 6.75. The molecule has 0 spiro atoms. The lowest BCUT2D eigenvalue weighted by atomic mass is 10.0. The van der Waals surface area contributed by atoms with Crippen LogP contribution in [0.3, 0.4) is 0 Å². The molecular weight excluding hydrogens is 364 g/mol. The molecule has 0 saturated carbocycles. The number of rotatable bonds is 8. The zero-order valence-electron chi connectivity index (χ0n) is 16.0. The zero-order chi connectivity index (χ0) is 20.1. The van der Waals surface area contributed by atoms with Crippen LogP contribution in [-0.4, -0.2) is 33.6 Å². The number of carbonyl (C=O) groups excluding carboxylic acids is 1. The molecule has 1 unspecified atom stereocenters. The number of ether oxygens (including phenoxy) is 1. The van der Waals surface area contributed by atoms with Crippen molar-refractivity contribution in [3.8, 4) is 0 Å². The van der Waals surface area contributed by atoms with E-state index in [1.807, 2.05) is 51.1 Å². The number of hydrogen-bond acceptors (Lipinski definition) is 5. The quantitative estimate of drug-likeness (QED) is 0.677. The van der Waals surface area contributed by atoms with E-state index >= 15 is 0 Å². The van der Waals surface area contributed by atoms with Gasteiger partial charge in [-0.25, -0.2) is 17.9 Å². The standard InChI is InChI=1S/C20H26N2O4S/c1-15(16-8-6-5-7-9-16)22-20(2,3)14-21-27(24,25)18-12-10-17(11-13-18)19(23)26-4/h5-13,15,21-22H,14H2,1-4H3. The Balaban J connectivity index is 2.01. The smallest absolute Gasteiger partial charge is 0.337 e. The summed E-state index contributed by atoms with van der Waals surface area (Å²) in [6.07, 6.45) is 0. The molecular formula is C20H26N2O4S. The topological polar surface area (TPSA) is 84.5 Å². The van der Waals surface area contributed by atoms with Crippen molar-refractivity contribution in [1.29, 1.82) is 0 Å². The molecule has 0 heterocycles. The first kappa shape index (κ1) is 21.1. The molecule has 0 aliphatic heterocycles. The van der Waals surface area contributed by atoms with Crippen LogP contribution in [0, 0.1) is 0 Å². The van der Waals surface area contributed by atoms with Crippen LogP contribution in [0.4, 0.5) is 0 Å². The van der Waals surface area contributed by atoms with Gasteiger partial charge in [0.15, 0.2) is 0 Å². The second-order valence-corrected chi connectivity index (χ2v) is 8.77. The Morgan fingerprint density at radius 3 is 2.22 bits per heavy atom. The molecule has 0 aromatic heterocycles. The summed E-state index contributed by atoms with van der Waals surface area (Å²) in [4.78, 5) is 11.6. The Morgan fingerprint density at radius 1 is 1.07 bits per heavy atom. The monoisotopic (exact) mass is 390 g/mol. The van der Waals surface area contributed by atoms with Crippen LogP contribution in [0.25, 0.3) is 0 Å². The minimum absolute atomic E-state index is 0.0741. The minimum Gasteiger partial charge on any atom is -0.465 e. The average Bonchev–Trinajstić information content (AvgIpc) is 2.66. The van der Waals surface area contributed by atoms with Gasteiger partial charge in [0.05, 0.1) is 17.6 Å². The molecule has 2 aromatic rings. The highest BCUT2D eigenvalue weighted by molar-refractivity contribution is 7.89. The molecule has 2 N–H and O–H groups in total. The minimum atomic E-state index is -3.69. The van der Waals surface area contributed by atoms with Crippen molar-refractivity contribution >= 4 is 16.0 Å². The summed E-state index contributed by atoms with van der Waals surface area (Å²) in [6.45, 7) is 6.13. The number of hydrogen-bond donors (Lipinski definition) is 2. The maximum atomic E-state index is 12.5. The molecule has 27 heavy (non-hydrogen) atoms. The summed E-state index contributed by atoms with van der Waals surface area (Å²) in [6, 6.07) is 15.7. The highest BCUT2D eigenvalue weighted by Gasteiger charge is 2.24. The molecule has 7 heteroatoms. The molecule has 146 valence electrons. The Hall–Kier alpha value is -2.22. The first-order chi connectivity index (χ1) is 12.6. The number of carbonyl (C=O) groups is 1. The summed E-state index contributed by atoms with van der Waals surface area (Å²) in [5.74, 6) is -0.507. The molecule has 0 radical (unpaired) electrons. The van der Waals surface area contributed by atoms with Crippen LogP contribution in [0.5, 0.6) is 0 Å². The van der Waals surface area contributed by atoms with E-state index in [4.69, 9.17) is 0 Å². The van der Waals surface area contributed by atoms with Gasteiger partial charge in [-0.05, 0) is 50.6 Å². The number of methoxy groups -OCH3 is 1. The van der Waals surface area contributed by atoms with E-state index in [2.05, 4.69) is 14.8 Å². The van der Waals surface area contributed by atoms with E-state index in [1.54, 1.807) is 0 Å². The second-order valence-electron chi connectivity index (χ2n) is 7.00. The van der Waals surface area contributed by atoms with E-state index in [1.165, 1.54) is 31.4 Å². The van der Waals surface area contributed by atoms with Gasteiger partial charge in [-0.1, -0.05) is 30.3 Å². The molecule has 0 saturated heterocycles. The molecule has 0 amide bonds. The Labute approximate surface area is 161 Å². The lowest BCUT2D eigenvalue weighted by Crippen LogP contribution is -2.49. The van der Waals surface area contributed by atoms with E-state index in [-0.39, 0.29) is 17.5 Å². The predicted molar refractivity (Wildman–Crippen MR) is 105 cm³/mol. The van der Waals surface area contributed by atoms with Crippen LogP contribution < -0.4 is 10.0 Å². The molecule has 0 aliphatic rings. The fourth-order valence-corrected chi connectivity index (χ4v) is 3.92. The van der Waals surface area contributed by atoms with Gasteiger partial charge < -0.3 is 10.1 Å². The van der Waals surface area contributed by atoms with Crippen LogP contribution in [-0.2, 0) is 14.8 Å². The van der Waals surface area contributed by atoms with Crippen LogP contribution in [0.15, 0.2) is 59.5 Å². The molecule has 0 bridgehead atoms. The van der Waals surface area contributed by atoms with Gasteiger partial charge in [0, 0.05) is 18.1 Å². The highest BCUT2D eigenvalue weighted by Crippen LogP contribution is 2.17. The van der Waals surface area contributed by atoms with Crippen molar-refractivity contribution in [3.05, 3.63) is 65.7 Å². The molecule has 0 aliphatic carbocycles. The fourth-order valence-electron chi connectivity index (χ4n) is 2.71. The second kappa shape index (κ2) is 8.65. The normalized spacial score (nSPS) is 13.2. The third-order valence-corrected chi connectivity index (χ3v) is 5.61. The maximum Gasteiger partial charge on any atom is 0.337 e. The van der Waals surface area contributed by atoms with Crippen LogP contribution in [0.1, 0.15) is 42.7 Å². The lowest BCUT2D eigenvalue weighted by Gasteiger charge is -2.30. The highest BCUT2D eigenvalue weighted by atomic mass is 32.2. The summed E-state index contributed by atoms with van der Waals surface area (Å²) in [5, 5.41) is 3.44. The van der Waals surface area contributed by atoms with Crippen LogP contribution in [0.2, 0.25) is 0 Å². The largest absolute Gasteiger partial charge is 0.465 e. The zero-order valence-corrected chi connectivity index (χ0v) is 16.8. The van der Waals surface area contributed by atoms with E-state index in [0.717, 1.165) is 5.56 Å². The summed E-state index contributed by atoms with van der Waals surface area (Å²) >= 11 is 0. The number of nitrogens with one attached hydrogen (secondary N) is 2. The summed E-state index contributed by atoms with van der Waals surface area (Å²) < 4.78 is 32.3. The van der Waals surface area contributed by atoms with Gasteiger partial charge in [-0.2, -0.15) is 0 Å². The third-order valence-electron chi connectivity index (χ3n) is 4.20. The van der Waals surface area contributed by atoms with Crippen molar-refractivity contribution in [1.82, 2.24) is 10.0 Å². The van der Waals surface area contributed by atoms with Gasteiger partial charge in [0.1, 0.15) is 0 Å². The van der Waals surface area contributed by atoms with Crippen molar-refractivity contribution < 1.29 is 17.9 Å². The molecule has 2 aromatic carbocycles. The molecule has 6 nitrogen and oxygen atoms in total. The molecule has 0 fully saturated rings. The van der Waals surface area contributed by atoms with Gasteiger partial charge in [0.2, 0.25) is 10.0 Å². The van der Waals surface area contributed by atoms with Crippen molar-refractivity contribution in [2.75, 3.05) is 13.7 Å². The molecule has 1 atom stereocenters. The van der Waals surface area contributed by atoms with Gasteiger partial charge in [-0.15, -0.1) is 0 Å². The summed E-state index contributed by atoms with van der Waals surface area (Å²) in [5.41, 5.74) is 0.968. The fraction of sp³-hybridized carbons (Fsp3) is 0.350. The average molecular weight is 391 g/mol. The number of sulfonamides is 1. The van der Waals surface area contributed by atoms with E-state index in [9.17, 15) is 13.2 Å². The van der Waals surface area contributed by atoms with E-state index in [0.29, 0.717) is 5.56 Å². The summed E-state index contributed by atoms with van der Waals surface area (Å²) in [7, 11) is -2.41. The third kappa shape index (κ3) is 5.89. The number of esters is 1.